The van der Waals surface area contributed by atoms with Crippen LogP contribution >= 0.6 is 0 Å². The summed E-state index contributed by atoms with van der Waals surface area (Å²) in [6.45, 7) is 0. The van der Waals surface area contributed by atoms with Crippen molar-refractivity contribution < 1.29 is 24.3 Å². The van der Waals surface area contributed by atoms with E-state index in [0.717, 1.165) is 0 Å². The molecule has 0 aliphatic heterocycles. The Labute approximate surface area is 149 Å². The van der Waals surface area contributed by atoms with Gasteiger partial charge in [-0.25, -0.2) is 5.48 Å². The van der Waals surface area contributed by atoms with E-state index in [-0.39, 0.29) is 6.42 Å². The fraction of sp³-hybridized carbons (Fsp3) is 0.211. The minimum absolute atomic E-state index is 0.236. The maximum absolute atomic E-state index is 12.3. The number of carbonyl (C=O) groups is 2. The Bertz CT molecular complexity index is 905. The second-order valence-electron chi connectivity index (χ2n) is 5.97. The Morgan fingerprint density at radius 2 is 1.92 bits per heavy atom. The van der Waals surface area contributed by atoms with Gasteiger partial charge in [0.25, 0.3) is 0 Å². The van der Waals surface area contributed by atoms with E-state index >= 15 is 0 Å². The third-order valence-corrected chi connectivity index (χ3v) is 4.49. The number of hydroxylamine groups is 1. The first-order valence-corrected chi connectivity index (χ1v) is 7.86. The Kier molecular flexibility index (Phi) is 4.61. The van der Waals surface area contributed by atoms with Crippen molar-refractivity contribution in [2.45, 2.75) is 11.8 Å². The van der Waals surface area contributed by atoms with Crippen molar-refractivity contribution in [2.75, 3.05) is 7.11 Å². The lowest BCUT2D eigenvalue weighted by molar-refractivity contribution is -0.146. The van der Waals surface area contributed by atoms with Crippen LogP contribution in [-0.2, 0) is 19.7 Å². The molecule has 7 heteroatoms. The van der Waals surface area contributed by atoms with E-state index in [4.69, 9.17) is 19.9 Å². The van der Waals surface area contributed by atoms with Gasteiger partial charge < -0.3 is 9.47 Å². The summed E-state index contributed by atoms with van der Waals surface area (Å²) >= 11 is 0. The second kappa shape index (κ2) is 6.86. The van der Waals surface area contributed by atoms with Gasteiger partial charge in [-0.1, -0.05) is 18.2 Å². The SMILES string of the molecule is COC(=O)[C@]1(c2cccc(Oc3cccc(C#N)c3)c2)C[C@H]1C(=O)NO. The highest BCUT2D eigenvalue weighted by molar-refractivity contribution is 5.97. The highest BCUT2D eigenvalue weighted by atomic mass is 16.5. The Balaban J connectivity index is 1.92. The normalized spacial score (nSPS) is 20.6. The van der Waals surface area contributed by atoms with Gasteiger partial charge in [-0.15, -0.1) is 0 Å². The zero-order chi connectivity index (χ0) is 18.7. The number of esters is 1. The number of carbonyl (C=O) groups excluding carboxylic acids is 2. The van der Waals surface area contributed by atoms with Crippen molar-refractivity contribution in [2.24, 2.45) is 5.92 Å². The van der Waals surface area contributed by atoms with E-state index in [1.165, 1.54) is 7.11 Å². The lowest BCUT2D eigenvalue weighted by Crippen LogP contribution is -2.31. The summed E-state index contributed by atoms with van der Waals surface area (Å²) in [7, 11) is 1.25. The van der Waals surface area contributed by atoms with Crippen LogP contribution in [0.25, 0.3) is 0 Å². The summed E-state index contributed by atoms with van der Waals surface area (Å²) in [5, 5.41) is 17.8. The van der Waals surface area contributed by atoms with Crippen LogP contribution < -0.4 is 10.2 Å². The minimum atomic E-state index is -1.14. The quantitative estimate of drug-likeness (QED) is 0.485. The number of amides is 1. The first kappa shape index (κ1) is 17.5. The lowest BCUT2D eigenvalue weighted by atomic mass is 9.92. The van der Waals surface area contributed by atoms with Crippen LogP contribution in [0.15, 0.2) is 48.5 Å². The van der Waals surface area contributed by atoms with Crippen LogP contribution in [0.1, 0.15) is 17.5 Å². The van der Waals surface area contributed by atoms with Crippen LogP contribution in [-0.4, -0.2) is 24.2 Å². The smallest absolute Gasteiger partial charge is 0.317 e. The van der Waals surface area contributed by atoms with Crippen molar-refractivity contribution in [1.82, 2.24) is 5.48 Å². The number of ether oxygens (including phenoxy) is 2. The number of methoxy groups -OCH3 is 1. The molecule has 1 fully saturated rings. The monoisotopic (exact) mass is 352 g/mol. The van der Waals surface area contributed by atoms with Crippen LogP contribution in [0, 0.1) is 17.2 Å². The van der Waals surface area contributed by atoms with Crippen molar-refractivity contribution in [3.8, 4) is 17.6 Å². The zero-order valence-electron chi connectivity index (χ0n) is 13.9. The van der Waals surface area contributed by atoms with Gasteiger partial charge in [0.15, 0.2) is 0 Å². The zero-order valence-corrected chi connectivity index (χ0v) is 13.9. The maximum Gasteiger partial charge on any atom is 0.317 e. The van der Waals surface area contributed by atoms with Crippen molar-refractivity contribution in [3.63, 3.8) is 0 Å². The van der Waals surface area contributed by atoms with Gasteiger partial charge in [-0.2, -0.15) is 5.26 Å². The number of nitriles is 1. The third-order valence-electron chi connectivity index (χ3n) is 4.49. The van der Waals surface area contributed by atoms with E-state index in [9.17, 15) is 9.59 Å². The highest BCUT2D eigenvalue weighted by Gasteiger charge is 2.65. The molecular weight excluding hydrogens is 336 g/mol. The molecule has 1 amide bonds. The number of rotatable bonds is 5. The molecule has 0 unspecified atom stereocenters. The van der Waals surface area contributed by atoms with Gasteiger partial charge >= 0.3 is 5.97 Å². The molecular formula is C19H16N2O5. The van der Waals surface area contributed by atoms with Crippen LogP contribution in [0.3, 0.4) is 0 Å². The number of benzene rings is 2. The van der Waals surface area contributed by atoms with E-state index < -0.39 is 23.2 Å². The Hall–Kier alpha value is -3.37. The lowest BCUT2D eigenvalue weighted by Gasteiger charge is -2.16. The van der Waals surface area contributed by atoms with E-state index in [0.29, 0.717) is 22.6 Å². The van der Waals surface area contributed by atoms with Crippen molar-refractivity contribution in [1.29, 1.82) is 5.26 Å². The topological polar surface area (TPSA) is 109 Å². The molecule has 2 N–H and O–H groups in total. The molecule has 1 aliphatic rings. The molecule has 2 aromatic rings. The maximum atomic E-state index is 12.3. The molecule has 0 aromatic heterocycles. The first-order chi connectivity index (χ1) is 12.5. The average molecular weight is 352 g/mol. The van der Waals surface area contributed by atoms with Crippen molar-refractivity contribution in [3.05, 3.63) is 59.7 Å². The van der Waals surface area contributed by atoms with E-state index in [1.54, 1.807) is 54.0 Å². The number of hydrogen-bond acceptors (Lipinski definition) is 6. The molecule has 7 nitrogen and oxygen atoms in total. The summed E-state index contributed by atoms with van der Waals surface area (Å²) in [5.74, 6) is -0.958. The molecule has 26 heavy (non-hydrogen) atoms. The summed E-state index contributed by atoms with van der Waals surface area (Å²) in [4.78, 5) is 24.1. The Morgan fingerprint density at radius 3 is 2.58 bits per heavy atom. The second-order valence-corrected chi connectivity index (χ2v) is 5.97. The standard InChI is InChI=1S/C19H16N2O5/c1-25-18(23)19(10-16(19)17(22)21-24)13-5-3-7-15(9-13)26-14-6-2-4-12(8-14)11-20/h2-9,16,24H,10H2,1H3,(H,21,22)/t16-,19-/m0/s1. The third kappa shape index (κ3) is 2.98. The molecule has 0 heterocycles. The van der Waals surface area contributed by atoms with Gasteiger partial charge in [0.2, 0.25) is 5.91 Å². The molecule has 1 aliphatic carbocycles. The Morgan fingerprint density at radius 1 is 1.23 bits per heavy atom. The van der Waals surface area contributed by atoms with E-state index in [1.807, 2.05) is 6.07 Å². The van der Waals surface area contributed by atoms with Gasteiger partial charge in [-0.05, 0) is 42.3 Å². The summed E-state index contributed by atoms with van der Waals surface area (Å²) in [6, 6.07) is 15.5. The van der Waals surface area contributed by atoms with Gasteiger partial charge in [0.1, 0.15) is 16.9 Å². The molecule has 0 radical (unpaired) electrons. The first-order valence-electron chi connectivity index (χ1n) is 7.86. The molecule has 1 saturated carbocycles. The minimum Gasteiger partial charge on any atom is -0.468 e. The molecule has 0 bridgehead atoms. The van der Waals surface area contributed by atoms with Crippen LogP contribution in [0.4, 0.5) is 0 Å². The van der Waals surface area contributed by atoms with Gasteiger partial charge in [0.05, 0.1) is 24.7 Å². The van der Waals surface area contributed by atoms with E-state index in [2.05, 4.69) is 0 Å². The molecule has 132 valence electrons. The van der Waals surface area contributed by atoms with Gasteiger partial charge in [-0.3, -0.25) is 14.8 Å². The molecule has 2 atom stereocenters. The number of nitrogens with zero attached hydrogens (tertiary/aromatic N) is 1. The van der Waals surface area contributed by atoms with Crippen LogP contribution in [0.2, 0.25) is 0 Å². The molecule has 2 aromatic carbocycles. The fourth-order valence-electron chi connectivity index (χ4n) is 3.10. The van der Waals surface area contributed by atoms with Crippen molar-refractivity contribution >= 4 is 11.9 Å². The summed E-state index contributed by atoms with van der Waals surface area (Å²) in [5.41, 5.74) is 1.47. The number of nitrogens with one attached hydrogen (secondary N) is 1. The predicted octanol–water partition coefficient (Wildman–Crippen LogP) is 2.29. The van der Waals surface area contributed by atoms with Crippen LogP contribution in [0.5, 0.6) is 11.5 Å². The molecule has 3 rings (SSSR count). The fourth-order valence-corrected chi connectivity index (χ4v) is 3.10. The molecule has 0 saturated heterocycles. The summed E-state index contributed by atoms with van der Waals surface area (Å²) < 4.78 is 10.6. The summed E-state index contributed by atoms with van der Waals surface area (Å²) in [6.07, 6.45) is 0.236. The predicted molar refractivity (Wildman–Crippen MR) is 89.4 cm³/mol. The average Bonchev–Trinajstić information content (AvgIpc) is 3.44. The highest BCUT2D eigenvalue weighted by Crippen LogP contribution is 2.55. The number of hydrogen-bond donors (Lipinski definition) is 2. The van der Waals surface area contributed by atoms with Gasteiger partial charge in [0, 0.05) is 0 Å². The molecule has 0 spiro atoms. The largest absolute Gasteiger partial charge is 0.468 e.